The van der Waals surface area contributed by atoms with Gasteiger partial charge in [0.15, 0.2) is 0 Å². The molecule has 152 valence electrons. The standard InChI is InChI=1S/C22H24ClN3O3/c1-13(2)11-18-21(24-22(27)14-5-7-15(23)8-6-14)20(26-25-18)17-10-9-16(28-3)12-19(17)29-4/h5-10,12-13H,11H2,1-4H3,(H,24,27)(H,25,26). The first-order valence-corrected chi connectivity index (χ1v) is 9.67. The van der Waals surface area contributed by atoms with Gasteiger partial charge < -0.3 is 14.8 Å². The maximum absolute atomic E-state index is 12.9. The number of aromatic nitrogens is 2. The van der Waals surface area contributed by atoms with E-state index in [-0.39, 0.29) is 5.91 Å². The van der Waals surface area contributed by atoms with Gasteiger partial charge in [-0.1, -0.05) is 25.4 Å². The van der Waals surface area contributed by atoms with Crippen LogP contribution in [0.25, 0.3) is 11.3 Å². The summed E-state index contributed by atoms with van der Waals surface area (Å²) in [5.41, 5.74) is 3.38. The molecule has 0 bridgehead atoms. The average Bonchev–Trinajstić information content (AvgIpc) is 3.09. The molecule has 0 aliphatic rings. The fourth-order valence-electron chi connectivity index (χ4n) is 3.04. The number of ether oxygens (including phenoxy) is 2. The van der Waals surface area contributed by atoms with Crippen molar-refractivity contribution in [1.82, 2.24) is 10.2 Å². The molecule has 7 heteroatoms. The zero-order chi connectivity index (χ0) is 21.0. The topological polar surface area (TPSA) is 76.2 Å². The molecule has 6 nitrogen and oxygen atoms in total. The number of halogens is 1. The van der Waals surface area contributed by atoms with Crippen molar-refractivity contribution in [3.8, 4) is 22.8 Å². The lowest BCUT2D eigenvalue weighted by Gasteiger charge is -2.13. The summed E-state index contributed by atoms with van der Waals surface area (Å²) >= 11 is 5.93. The Balaban J connectivity index is 2.04. The number of hydrogen-bond acceptors (Lipinski definition) is 4. The number of aromatic amines is 1. The third-order valence-corrected chi connectivity index (χ3v) is 4.71. The Labute approximate surface area is 175 Å². The van der Waals surface area contributed by atoms with Crippen LogP contribution < -0.4 is 14.8 Å². The van der Waals surface area contributed by atoms with Gasteiger partial charge in [-0.05, 0) is 48.7 Å². The molecule has 1 heterocycles. The van der Waals surface area contributed by atoms with Gasteiger partial charge in [0.2, 0.25) is 0 Å². The number of nitrogens with zero attached hydrogens (tertiary/aromatic N) is 1. The van der Waals surface area contributed by atoms with Crippen LogP contribution in [0.2, 0.25) is 5.02 Å². The third kappa shape index (κ3) is 4.71. The fraction of sp³-hybridized carbons (Fsp3) is 0.273. The van der Waals surface area contributed by atoms with E-state index >= 15 is 0 Å². The number of H-pyrrole nitrogens is 1. The number of anilines is 1. The Kier molecular flexibility index (Phi) is 6.44. The first-order chi connectivity index (χ1) is 13.9. The highest BCUT2D eigenvalue weighted by atomic mass is 35.5. The first-order valence-electron chi connectivity index (χ1n) is 9.29. The summed E-state index contributed by atoms with van der Waals surface area (Å²) in [6.07, 6.45) is 0.738. The molecule has 2 N–H and O–H groups in total. The molecule has 0 saturated carbocycles. The van der Waals surface area contributed by atoms with E-state index in [4.69, 9.17) is 21.1 Å². The second-order valence-electron chi connectivity index (χ2n) is 7.05. The molecular formula is C22H24ClN3O3. The van der Waals surface area contributed by atoms with Crippen molar-refractivity contribution >= 4 is 23.2 Å². The van der Waals surface area contributed by atoms with Crippen LogP contribution in [0.15, 0.2) is 42.5 Å². The van der Waals surface area contributed by atoms with Crippen molar-refractivity contribution in [3.63, 3.8) is 0 Å². The van der Waals surface area contributed by atoms with E-state index in [1.807, 2.05) is 12.1 Å². The number of amides is 1. The highest BCUT2D eigenvalue weighted by molar-refractivity contribution is 6.30. The zero-order valence-electron chi connectivity index (χ0n) is 16.9. The number of hydrogen-bond donors (Lipinski definition) is 2. The van der Waals surface area contributed by atoms with Gasteiger partial charge in [0.25, 0.3) is 5.91 Å². The van der Waals surface area contributed by atoms with Crippen LogP contribution in [-0.2, 0) is 6.42 Å². The number of carbonyl (C=O) groups is 1. The van der Waals surface area contributed by atoms with E-state index in [1.54, 1.807) is 44.6 Å². The van der Waals surface area contributed by atoms with Gasteiger partial charge in [-0.15, -0.1) is 0 Å². The summed E-state index contributed by atoms with van der Waals surface area (Å²) in [6, 6.07) is 12.2. The van der Waals surface area contributed by atoms with Gasteiger partial charge in [0.1, 0.15) is 17.2 Å². The van der Waals surface area contributed by atoms with Crippen molar-refractivity contribution in [1.29, 1.82) is 0 Å². The van der Waals surface area contributed by atoms with Crippen LogP contribution >= 0.6 is 11.6 Å². The lowest BCUT2D eigenvalue weighted by Crippen LogP contribution is -2.14. The Morgan fingerprint density at radius 3 is 2.48 bits per heavy atom. The molecule has 0 fully saturated rings. The van der Waals surface area contributed by atoms with E-state index < -0.39 is 0 Å². The van der Waals surface area contributed by atoms with E-state index in [0.717, 1.165) is 17.7 Å². The van der Waals surface area contributed by atoms with Gasteiger partial charge >= 0.3 is 0 Å². The molecule has 0 atom stereocenters. The highest BCUT2D eigenvalue weighted by Gasteiger charge is 2.21. The Bertz CT molecular complexity index is 997. The molecule has 29 heavy (non-hydrogen) atoms. The number of rotatable bonds is 7. The molecule has 0 unspecified atom stereocenters. The maximum Gasteiger partial charge on any atom is 0.255 e. The predicted molar refractivity (Wildman–Crippen MR) is 115 cm³/mol. The zero-order valence-corrected chi connectivity index (χ0v) is 17.6. The molecule has 3 rings (SSSR count). The molecule has 3 aromatic rings. The van der Waals surface area contributed by atoms with Gasteiger partial charge in [-0.2, -0.15) is 5.10 Å². The SMILES string of the molecule is COc1ccc(-c2n[nH]c(CC(C)C)c2NC(=O)c2ccc(Cl)cc2)c(OC)c1. The van der Waals surface area contributed by atoms with Gasteiger partial charge in [-0.3, -0.25) is 9.89 Å². The van der Waals surface area contributed by atoms with Crippen molar-refractivity contribution < 1.29 is 14.3 Å². The van der Waals surface area contributed by atoms with Crippen molar-refractivity contribution in [2.24, 2.45) is 5.92 Å². The Morgan fingerprint density at radius 1 is 1.14 bits per heavy atom. The molecule has 0 radical (unpaired) electrons. The number of nitrogens with one attached hydrogen (secondary N) is 2. The Morgan fingerprint density at radius 2 is 1.86 bits per heavy atom. The maximum atomic E-state index is 12.9. The summed E-state index contributed by atoms with van der Waals surface area (Å²) in [4.78, 5) is 12.9. The quantitative estimate of drug-likeness (QED) is 0.558. The van der Waals surface area contributed by atoms with Crippen LogP contribution in [-0.4, -0.2) is 30.3 Å². The predicted octanol–water partition coefficient (Wildman–Crippen LogP) is 5.20. The van der Waals surface area contributed by atoms with Crippen molar-refractivity contribution in [3.05, 3.63) is 58.7 Å². The number of carbonyl (C=O) groups excluding carboxylic acids is 1. The van der Waals surface area contributed by atoms with E-state index in [9.17, 15) is 4.79 Å². The first kappa shape index (κ1) is 20.7. The molecule has 0 saturated heterocycles. The molecule has 1 amide bonds. The van der Waals surface area contributed by atoms with E-state index in [0.29, 0.717) is 39.4 Å². The lowest BCUT2D eigenvalue weighted by atomic mass is 10.0. The summed E-state index contributed by atoms with van der Waals surface area (Å²) in [5, 5.41) is 11.2. The van der Waals surface area contributed by atoms with Gasteiger partial charge in [-0.25, -0.2) is 0 Å². The number of methoxy groups -OCH3 is 2. The van der Waals surface area contributed by atoms with E-state index in [2.05, 4.69) is 29.4 Å². The molecule has 0 spiro atoms. The van der Waals surface area contributed by atoms with Crippen LogP contribution in [0.5, 0.6) is 11.5 Å². The fourth-order valence-corrected chi connectivity index (χ4v) is 3.17. The van der Waals surface area contributed by atoms with Gasteiger partial charge in [0, 0.05) is 22.2 Å². The summed E-state index contributed by atoms with van der Waals surface area (Å²) in [6.45, 7) is 4.22. The summed E-state index contributed by atoms with van der Waals surface area (Å²) in [7, 11) is 3.19. The third-order valence-electron chi connectivity index (χ3n) is 4.46. The van der Waals surface area contributed by atoms with Crippen LogP contribution in [0.1, 0.15) is 29.9 Å². The highest BCUT2D eigenvalue weighted by Crippen LogP contribution is 2.38. The van der Waals surface area contributed by atoms with Crippen LogP contribution in [0.4, 0.5) is 5.69 Å². The summed E-state index contributed by atoms with van der Waals surface area (Å²) in [5.74, 6) is 1.43. The minimum absolute atomic E-state index is 0.234. The lowest BCUT2D eigenvalue weighted by molar-refractivity contribution is 0.102. The summed E-state index contributed by atoms with van der Waals surface area (Å²) < 4.78 is 10.8. The van der Waals surface area contributed by atoms with Crippen LogP contribution in [0.3, 0.4) is 0 Å². The normalized spacial score (nSPS) is 10.8. The van der Waals surface area contributed by atoms with E-state index in [1.165, 1.54) is 0 Å². The molecule has 0 aliphatic carbocycles. The molecule has 2 aromatic carbocycles. The minimum Gasteiger partial charge on any atom is -0.497 e. The smallest absolute Gasteiger partial charge is 0.255 e. The molecular weight excluding hydrogens is 390 g/mol. The molecule has 1 aromatic heterocycles. The van der Waals surface area contributed by atoms with Crippen LogP contribution in [0, 0.1) is 5.92 Å². The second kappa shape index (κ2) is 9.01. The average molecular weight is 414 g/mol. The van der Waals surface area contributed by atoms with Crippen molar-refractivity contribution in [2.75, 3.05) is 19.5 Å². The Hall–Kier alpha value is -2.99. The van der Waals surface area contributed by atoms with Crippen molar-refractivity contribution in [2.45, 2.75) is 20.3 Å². The molecule has 0 aliphatic heterocycles. The minimum atomic E-state index is -0.234. The van der Waals surface area contributed by atoms with Gasteiger partial charge in [0.05, 0.1) is 25.6 Å². The second-order valence-corrected chi connectivity index (χ2v) is 7.49. The number of benzene rings is 2. The monoisotopic (exact) mass is 413 g/mol. The largest absolute Gasteiger partial charge is 0.497 e.